The second-order valence-corrected chi connectivity index (χ2v) is 6.57. The number of nitrogens with two attached hydrogens (primary N) is 2. The van der Waals surface area contributed by atoms with Crippen molar-refractivity contribution in [3.05, 3.63) is 90.3 Å². The summed E-state index contributed by atoms with van der Waals surface area (Å²) in [5, 5.41) is 2.82. The van der Waals surface area contributed by atoms with Gasteiger partial charge in [0.1, 0.15) is 11.6 Å². The van der Waals surface area contributed by atoms with Crippen LogP contribution in [0.25, 0.3) is 17.0 Å². The highest BCUT2D eigenvalue weighted by molar-refractivity contribution is 5.99. The predicted octanol–water partition coefficient (Wildman–Crippen LogP) is 3.31. The fourth-order valence-corrected chi connectivity index (χ4v) is 2.92. The molecule has 8 nitrogen and oxygen atoms in total. The number of benzene rings is 1. The lowest BCUT2D eigenvalue weighted by Crippen LogP contribution is -2.25. The molecule has 1 amide bonds. The van der Waals surface area contributed by atoms with E-state index in [1.165, 1.54) is 12.3 Å². The molecule has 0 bridgehead atoms. The number of carbonyl (C=O) groups excluding carboxylic acids is 1. The maximum absolute atomic E-state index is 13.0. The van der Waals surface area contributed by atoms with E-state index in [4.69, 9.17) is 11.5 Å². The number of hydrogen-bond donors (Lipinski definition) is 3. The van der Waals surface area contributed by atoms with Crippen LogP contribution in [0.4, 0.5) is 11.5 Å². The average molecular weight is 413 g/mol. The van der Waals surface area contributed by atoms with Gasteiger partial charge in [0.05, 0.1) is 17.6 Å². The van der Waals surface area contributed by atoms with Crippen LogP contribution in [-0.4, -0.2) is 25.8 Å². The summed E-state index contributed by atoms with van der Waals surface area (Å²) in [6, 6.07) is 11.0. The second kappa shape index (κ2) is 9.45. The Balaban J connectivity index is 2.02. The van der Waals surface area contributed by atoms with E-state index in [1.807, 2.05) is 43.3 Å². The third-order valence-corrected chi connectivity index (χ3v) is 4.27. The Hall–Kier alpha value is -4.33. The number of aryl methyl sites for hydroxylation is 1. The van der Waals surface area contributed by atoms with Gasteiger partial charge in [0, 0.05) is 22.9 Å². The summed E-state index contributed by atoms with van der Waals surface area (Å²) in [5.41, 5.74) is 14.5. The Bertz CT molecular complexity index is 1160. The highest BCUT2D eigenvalue weighted by Crippen LogP contribution is 2.21. The summed E-state index contributed by atoms with van der Waals surface area (Å²) in [6.07, 6.45) is 6.57. The number of nitrogen functional groups attached to an aromatic ring is 2. The third-order valence-electron chi connectivity index (χ3n) is 4.27. The van der Waals surface area contributed by atoms with Gasteiger partial charge in [0.15, 0.2) is 11.5 Å². The number of aromatic nitrogens is 4. The van der Waals surface area contributed by atoms with E-state index < -0.39 is 5.91 Å². The van der Waals surface area contributed by atoms with Crippen LogP contribution < -0.4 is 16.8 Å². The van der Waals surface area contributed by atoms with Crippen molar-refractivity contribution in [3.8, 4) is 11.4 Å². The Morgan fingerprint density at radius 2 is 1.87 bits per heavy atom. The second-order valence-electron chi connectivity index (χ2n) is 6.57. The van der Waals surface area contributed by atoms with Gasteiger partial charge in [-0.25, -0.2) is 19.9 Å². The molecule has 2 aromatic heterocycles. The minimum Gasteiger partial charge on any atom is -0.396 e. The molecular weight excluding hydrogens is 390 g/mol. The molecule has 0 saturated carbocycles. The molecule has 1 aromatic carbocycles. The lowest BCUT2D eigenvalue weighted by Gasteiger charge is -2.13. The molecule has 0 spiro atoms. The maximum Gasteiger partial charge on any atom is 0.276 e. The Morgan fingerprint density at radius 1 is 1.13 bits per heavy atom. The fraction of sp³-hybridized carbons (Fsp3) is 0.0870. The zero-order valence-electron chi connectivity index (χ0n) is 17.3. The van der Waals surface area contributed by atoms with Crippen molar-refractivity contribution in [1.82, 2.24) is 25.3 Å². The molecule has 0 aliphatic rings. The summed E-state index contributed by atoms with van der Waals surface area (Å²) in [6.45, 7) is 7.42. The molecule has 0 radical (unpaired) electrons. The first-order valence-corrected chi connectivity index (χ1v) is 9.53. The third kappa shape index (κ3) is 4.99. The molecule has 0 atom stereocenters. The number of hydrogen-bond acceptors (Lipinski definition) is 7. The van der Waals surface area contributed by atoms with Crippen molar-refractivity contribution in [2.45, 2.75) is 13.8 Å². The van der Waals surface area contributed by atoms with Gasteiger partial charge in [-0.05, 0) is 19.9 Å². The van der Waals surface area contributed by atoms with Gasteiger partial charge in [0.2, 0.25) is 0 Å². The van der Waals surface area contributed by atoms with Crippen LogP contribution in [0, 0.1) is 6.92 Å². The van der Waals surface area contributed by atoms with Crippen molar-refractivity contribution < 1.29 is 4.79 Å². The number of allylic oxidation sites excluding steroid dienone is 4. The van der Waals surface area contributed by atoms with E-state index in [1.54, 1.807) is 19.1 Å². The summed E-state index contributed by atoms with van der Waals surface area (Å²) in [7, 11) is 0. The van der Waals surface area contributed by atoms with Crippen LogP contribution in [0.1, 0.15) is 28.9 Å². The van der Waals surface area contributed by atoms with Crippen molar-refractivity contribution in [3.63, 3.8) is 0 Å². The molecule has 2 heterocycles. The van der Waals surface area contributed by atoms with Crippen LogP contribution >= 0.6 is 0 Å². The van der Waals surface area contributed by atoms with Gasteiger partial charge in [-0.2, -0.15) is 0 Å². The highest BCUT2D eigenvalue weighted by Gasteiger charge is 2.17. The molecule has 156 valence electrons. The van der Waals surface area contributed by atoms with Crippen LogP contribution in [0.15, 0.2) is 73.1 Å². The lowest BCUT2D eigenvalue weighted by atomic mass is 10.1. The number of amides is 1. The predicted molar refractivity (Wildman–Crippen MR) is 122 cm³/mol. The number of nitrogens with zero attached hydrogens (tertiary/aromatic N) is 4. The summed E-state index contributed by atoms with van der Waals surface area (Å²) in [4.78, 5) is 30.2. The van der Waals surface area contributed by atoms with Crippen LogP contribution in [0.3, 0.4) is 0 Å². The van der Waals surface area contributed by atoms with E-state index in [0.717, 1.165) is 5.56 Å². The SMILES string of the molecule is C=C/C(NC(=O)c1nc(-c2ccccc2)ncc1N)=C(\C=C/C)c1cc(N)nc(C)n1. The molecule has 5 N–H and O–H groups in total. The minimum atomic E-state index is -0.493. The standard InChI is InChI=1S/C23H23N7O/c1-4-9-16(19-12-20(25)28-14(3)27-19)18(5-2)29-23(31)21-17(24)13-26-22(30-21)15-10-7-6-8-11-15/h4-13H,2,24H2,1,3H3,(H,29,31)(H2,25,27,28)/b9-4-,18-16-. The molecule has 3 aromatic rings. The topological polar surface area (TPSA) is 133 Å². The van der Waals surface area contributed by atoms with Gasteiger partial charge in [-0.3, -0.25) is 4.79 Å². The van der Waals surface area contributed by atoms with Gasteiger partial charge in [-0.1, -0.05) is 49.1 Å². The number of nitrogens with one attached hydrogen (secondary N) is 1. The zero-order valence-corrected chi connectivity index (χ0v) is 17.3. The molecule has 0 aliphatic carbocycles. The Labute approximate surface area is 180 Å². The number of carbonyl (C=O) groups is 1. The normalized spacial score (nSPS) is 11.8. The van der Waals surface area contributed by atoms with Crippen molar-refractivity contribution in [2.75, 3.05) is 11.5 Å². The summed E-state index contributed by atoms with van der Waals surface area (Å²) >= 11 is 0. The van der Waals surface area contributed by atoms with Crippen molar-refractivity contribution in [2.24, 2.45) is 0 Å². The highest BCUT2D eigenvalue weighted by atomic mass is 16.1. The zero-order chi connectivity index (χ0) is 22.4. The number of rotatable bonds is 6. The average Bonchev–Trinajstić information content (AvgIpc) is 2.76. The van der Waals surface area contributed by atoms with Gasteiger partial charge in [-0.15, -0.1) is 0 Å². The fourth-order valence-electron chi connectivity index (χ4n) is 2.92. The smallest absolute Gasteiger partial charge is 0.276 e. The van der Waals surface area contributed by atoms with Crippen molar-refractivity contribution >= 4 is 23.0 Å². The molecule has 0 unspecified atom stereocenters. The Kier molecular flexibility index (Phi) is 6.51. The van der Waals surface area contributed by atoms with Gasteiger partial charge >= 0.3 is 0 Å². The first-order chi connectivity index (χ1) is 14.9. The van der Waals surface area contributed by atoms with Crippen molar-refractivity contribution in [1.29, 1.82) is 0 Å². The maximum atomic E-state index is 13.0. The van der Waals surface area contributed by atoms with Crippen LogP contribution in [0.5, 0.6) is 0 Å². The van der Waals surface area contributed by atoms with E-state index in [0.29, 0.717) is 34.4 Å². The Morgan fingerprint density at radius 3 is 2.52 bits per heavy atom. The van der Waals surface area contributed by atoms with E-state index in [9.17, 15) is 4.79 Å². The molecule has 0 saturated heterocycles. The van der Waals surface area contributed by atoms with Gasteiger partial charge in [0.25, 0.3) is 5.91 Å². The molecule has 0 aliphatic heterocycles. The first-order valence-electron chi connectivity index (χ1n) is 9.53. The molecule has 8 heteroatoms. The quantitative estimate of drug-likeness (QED) is 0.528. The summed E-state index contributed by atoms with van der Waals surface area (Å²) < 4.78 is 0. The van der Waals surface area contributed by atoms with Gasteiger partial charge < -0.3 is 16.8 Å². The largest absolute Gasteiger partial charge is 0.396 e. The minimum absolute atomic E-state index is 0.0615. The van der Waals surface area contributed by atoms with E-state index >= 15 is 0 Å². The number of anilines is 2. The summed E-state index contributed by atoms with van der Waals surface area (Å²) in [5.74, 6) is 0.746. The first kappa shape index (κ1) is 21.4. The molecular formula is C23H23N7O. The molecule has 31 heavy (non-hydrogen) atoms. The van der Waals surface area contributed by atoms with E-state index in [-0.39, 0.29) is 11.4 Å². The molecule has 3 rings (SSSR count). The van der Waals surface area contributed by atoms with Crippen LogP contribution in [0.2, 0.25) is 0 Å². The lowest BCUT2D eigenvalue weighted by molar-refractivity contribution is 0.0963. The monoisotopic (exact) mass is 413 g/mol. The molecule has 0 fully saturated rings. The van der Waals surface area contributed by atoms with E-state index in [2.05, 4.69) is 31.8 Å². The van der Waals surface area contributed by atoms with Crippen LogP contribution in [-0.2, 0) is 0 Å².